The van der Waals surface area contributed by atoms with Gasteiger partial charge < -0.3 is 10.1 Å². The Kier molecular flexibility index (Phi) is 6.38. The molecule has 2 aromatic carbocycles. The normalized spacial score (nSPS) is 11.5. The SMILES string of the molecule is COc1ccc(S(=O)(=O)N(C)CC(=O)Nc2ccc(Br)cc2F)cc1C. The van der Waals surface area contributed by atoms with E-state index in [0.29, 0.717) is 15.8 Å². The molecule has 0 aliphatic heterocycles. The molecular formula is C17H18BrFN2O4S. The Bertz CT molecular complexity index is 934. The molecule has 1 N–H and O–H groups in total. The zero-order valence-electron chi connectivity index (χ0n) is 14.4. The summed E-state index contributed by atoms with van der Waals surface area (Å²) in [4.78, 5) is 12.1. The third-order valence-electron chi connectivity index (χ3n) is 3.65. The van der Waals surface area contributed by atoms with E-state index >= 15 is 0 Å². The minimum atomic E-state index is -3.87. The van der Waals surface area contributed by atoms with Gasteiger partial charge in [0, 0.05) is 11.5 Å². The molecule has 6 nitrogen and oxygen atoms in total. The van der Waals surface area contributed by atoms with Gasteiger partial charge in [0.25, 0.3) is 0 Å². The van der Waals surface area contributed by atoms with Gasteiger partial charge in [-0.15, -0.1) is 0 Å². The number of amides is 1. The summed E-state index contributed by atoms with van der Waals surface area (Å²) in [7, 11) is -1.10. The van der Waals surface area contributed by atoms with Gasteiger partial charge >= 0.3 is 0 Å². The van der Waals surface area contributed by atoms with Crippen LogP contribution in [0.3, 0.4) is 0 Å². The summed E-state index contributed by atoms with van der Waals surface area (Å²) in [6, 6.07) is 8.59. The molecule has 0 spiro atoms. The number of rotatable bonds is 6. The number of nitrogens with zero attached hydrogens (tertiary/aromatic N) is 1. The zero-order chi connectivity index (χ0) is 19.5. The Morgan fingerprint density at radius 3 is 2.54 bits per heavy atom. The molecule has 2 aromatic rings. The van der Waals surface area contributed by atoms with Gasteiger partial charge in [-0.05, 0) is 48.9 Å². The molecule has 0 heterocycles. The number of hydrogen-bond donors (Lipinski definition) is 1. The van der Waals surface area contributed by atoms with Crippen LogP contribution in [0.1, 0.15) is 5.56 Å². The zero-order valence-corrected chi connectivity index (χ0v) is 16.8. The fourth-order valence-corrected chi connectivity index (χ4v) is 3.81. The van der Waals surface area contributed by atoms with Crippen molar-refractivity contribution >= 4 is 37.5 Å². The summed E-state index contributed by atoms with van der Waals surface area (Å²) in [6.07, 6.45) is 0. The van der Waals surface area contributed by atoms with E-state index in [4.69, 9.17) is 4.74 Å². The van der Waals surface area contributed by atoms with Gasteiger partial charge in [-0.2, -0.15) is 4.31 Å². The summed E-state index contributed by atoms with van der Waals surface area (Å²) in [5, 5.41) is 2.36. The van der Waals surface area contributed by atoms with Crippen molar-refractivity contribution in [3.63, 3.8) is 0 Å². The highest BCUT2D eigenvalue weighted by Gasteiger charge is 2.24. The molecule has 0 saturated heterocycles. The molecule has 0 unspecified atom stereocenters. The predicted octanol–water partition coefficient (Wildman–Crippen LogP) is 3.16. The van der Waals surface area contributed by atoms with Crippen molar-refractivity contribution in [1.82, 2.24) is 4.31 Å². The third kappa shape index (κ3) is 4.60. The molecule has 9 heteroatoms. The number of methoxy groups -OCH3 is 1. The summed E-state index contributed by atoms with van der Waals surface area (Å²) in [5.74, 6) is -0.707. The highest BCUT2D eigenvalue weighted by Crippen LogP contribution is 2.23. The Labute approximate surface area is 160 Å². The lowest BCUT2D eigenvalue weighted by atomic mass is 10.2. The lowest BCUT2D eigenvalue weighted by molar-refractivity contribution is -0.116. The standard InChI is InChI=1S/C17H18BrFN2O4S/c1-11-8-13(5-7-16(11)25-3)26(23,24)21(2)10-17(22)20-15-6-4-12(18)9-14(15)19/h4-9H,10H2,1-3H3,(H,20,22). The molecule has 0 aromatic heterocycles. The Balaban J connectivity index is 2.13. The molecule has 140 valence electrons. The number of carbonyl (C=O) groups excluding carboxylic acids is 1. The van der Waals surface area contributed by atoms with E-state index < -0.39 is 28.3 Å². The first-order valence-electron chi connectivity index (χ1n) is 7.51. The van der Waals surface area contributed by atoms with Crippen molar-refractivity contribution in [2.45, 2.75) is 11.8 Å². The number of hydrogen-bond acceptors (Lipinski definition) is 4. The number of carbonyl (C=O) groups is 1. The maximum absolute atomic E-state index is 13.8. The van der Waals surface area contributed by atoms with Crippen molar-refractivity contribution in [2.24, 2.45) is 0 Å². The van der Waals surface area contributed by atoms with Crippen molar-refractivity contribution in [3.8, 4) is 5.75 Å². The van der Waals surface area contributed by atoms with Crippen LogP contribution >= 0.6 is 15.9 Å². The quantitative estimate of drug-likeness (QED) is 0.742. The van der Waals surface area contributed by atoms with Gasteiger partial charge in [-0.25, -0.2) is 12.8 Å². The average molecular weight is 445 g/mol. The first-order chi connectivity index (χ1) is 12.1. The summed E-state index contributed by atoms with van der Waals surface area (Å²) >= 11 is 3.12. The maximum atomic E-state index is 13.8. The summed E-state index contributed by atoms with van der Waals surface area (Å²) < 4.78 is 45.5. The van der Waals surface area contributed by atoms with E-state index in [1.54, 1.807) is 19.1 Å². The second-order valence-electron chi connectivity index (χ2n) is 5.56. The van der Waals surface area contributed by atoms with Crippen LogP contribution in [0.15, 0.2) is 45.8 Å². The van der Waals surface area contributed by atoms with Crippen LogP contribution < -0.4 is 10.1 Å². The number of halogens is 2. The molecule has 2 rings (SSSR count). The Morgan fingerprint density at radius 1 is 1.27 bits per heavy atom. The molecule has 0 atom stereocenters. The van der Waals surface area contributed by atoms with Gasteiger partial charge in [-0.3, -0.25) is 4.79 Å². The number of anilines is 1. The van der Waals surface area contributed by atoms with E-state index in [-0.39, 0.29) is 10.6 Å². The number of ether oxygens (including phenoxy) is 1. The molecule has 0 aliphatic rings. The first kappa shape index (κ1) is 20.3. The van der Waals surface area contributed by atoms with Crippen LogP contribution in [0.25, 0.3) is 0 Å². The monoisotopic (exact) mass is 444 g/mol. The van der Waals surface area contributed by atoms with E-state index in [0.717, 1.165) is 4.31 Å². The van der Waals surface area contributed by atoms with Crippen LogP contribution in [-0.2, 0) is 14.8 Å². The fourth-order valence-electron chi connectivity index (χ4n) is 2.26. The first-order valence-corrected chi connectivity index (χ1v) is 9.74. The molecule has 0 bridgehead atoms. The fraction of sp³-hybridized carbons (Fsp3) is 0.235. The minimum Gasteiger partial charge on any atom is -0.496 e. The lowest BCUT2D eigenvalue weighted by Crippen LogP contribution is -2.35. The number of likely N-dealkylation sites (N-methyl/N-ethyl adjacent to an activating group) is 1. The van der Waals surface area contributed by atoms with E-state index in [1.165, 1.54) is 38.4 Å². The maximum Gasteiger partial charge on any atom is 0.243 e. The molecule has 0 fully saturated rings. The summed E-state index contributed by atoms with van der Waals surface area (Å²) in [6.45, 7) is 1.27. The van der Waals surface area contributed by atoms with Gasteiger partial charge in [0.2, 0.25) is 15.9 Å². The minimum absolute atomic E-state index is 0.0238. The highest BCUT2D eigenvalue weighted by atomic mass is 79.9. The second kappa shape index (κ2) is 8.15. The molecule has 1 amide bonds. The number of benzene rings is 2. The Morgan fingerprint density at radius 2 is 1.96 bits per heavy atom. The molecule has 0 saturated carbocycles. The van der Waals surface area contributed by atoms with E-state index in [2.05, 4.69) is 21.2 Å². The van der Waals surface area contributed by atoms with Gasteiger partial charge in [-0.1, -0.05) is 15.9 Å². The van der Waals surface area contributed by atoms with Gasteiger partial charge in [0.15, 0.2) is 0 Å². The van der Waals surface area contributed by atoms with Crippen molar-refractivity contribution in [1.29, 1.82) is 0 Å². The van der Waals surface area contributed by atoms with Crippen LogP contribution in [0.5, 0.6) is 5.75 Å². The summed E-state index contributed by atoms with van der Waals surface area (Å²) in [5.41, 5.74) is 0.632. The largest absolute Gasteiger partial charge is 0.496 e. The van der Waals surface area contributed by atoms with Crippen molar-refractivity contribution < 1.29 is 22.3 Å². The van der Waals surface area contributed by atoms with Crippen LogP contribution in [0.4, 0.5) is 10.1 Å². The molecular weight excluding hydrogens is 427 g/mol. The van der Waals surface area contributed by atoms with Gasteiger partial charge in [0.1, 0.15) is 11.6 Å². The van der Waals surface area contributed by atoms with Crippen molar-refractivity contribution in [3.05, 3.63) is 52.3 Å². The van der Waals surface area contributed by atoms with Crippen LogP contribution in [-0.4, -0.2) is 39.3 Å². The van der Waals surface area contributed by atoms with Crippen molar-refractivity contribution in [2.75, 3.05) is 26.0 Å². The second-order valence-corrected chi connectivity index (χ2v) is 8.53. The number of nitrogens with one attached hydrogen (secondary N) is 1. The average Bonchev–Trinajstić information content (AvgIpc) is 2.57. The smallest absolute Gasteiger partial charge is 0.243 e. The molecule has 0 radical (unpaired) electrons. The molecule has 26 heavy (non-hydrogen) atoms. The number of sulfonamides is 1. The number of aryl methyl sites for hydroxylation is 1. The predicted molar refractivity (Wildman–Crippen MR) is 100 cm³/mol. The van der Waals surface area contributed by atoms with Crippen LogP contribution in [0.2, 0.25) is 0 Å². The van der Waals surface area contributed by atoms with Gasteiger partial charge in [0.05, 0.1) is 24.2 Å². The topological polar surface area (TPSA) is 75.7 Å². The van der Waals surface area contributed by atoms with Crippen LogP contribution in [0, 0.1) is 12.7 Å². The lowest BCUT2D eigenvalue weighted by Gasteiger charge is -2.18. The molecule has 0 aliphatic carbocycles. The Hall–Kier alpha value is -1.97. The van der Waals surface area contributed by atoms with E-state index in [9.17, 15) is 17.6 Å². The highest BCUT2D eigenvalue weighted by molar-refractivity contribution is 9.10. The van der Waals surface area contributed by atoms with E-state index in [1.807, 2.05) is 0 Å². The third-order valence-corrected chi connectivity index (χ3v) is 5.94.